The van der Waals surface area contributed by atoms with Crippen LogP contribution in [-0.2, 0) is 4.79 Å². The van der Waals surface area contributed by atoms with E-state index in [4.69, 9.17) is 0 Å². The molecule has 0 aromatic heterocycles. The van der Waals surface area contributed by atoms with Crippen LogP contribution in [0, 0.1) is 5.92 Å². The Morgan fingerprint density at radius 2 is 1.08 bits per heavy atom. The molecule has 0 saturated carbocycles. The van der Waals surface area contributed by atoms with E-state index in [1.54, 1.807) is 0 Å². The minimum atomic E-state index is -0.951. The van der Waals surface area contributed by atoms with Gasteiger partial charge in [0.25, 0.3) is 0 Å². The summed E-state index contributed by atoms with van der Waals surface area (Å²) in [5.74, 6) is -1.68. The monoisotopic (exact) mass is 325 g/mol. The van der Waals surface area contributed by atoms with E-state index in [1.165, 1.54) is 11.1 Å². The molecule has 3 aromatic rings. The smallest absolute Gasteiger partial charge is 0.0461 e. The SMILES string of the molecule is O=C([O-])[C@@H]1C2c3ccccc3C(c3ccccc32)[C@@H]1c1ccccc1. The number of rotatable bonds is 2. The van der Waals surface area contributed by atoms with E-state index in [9.17, 15) is 9.90 Å². The summed E-state index contributed by atoms with van der Waals surface area (Å²) in [4.78, 5) is 12.2. The maximum atomic E-state index is 12.2. The fourth-order valence-corrected chi connectivity index (χ4v) is 5.04. The van der Waals surface area contributed by atoms with Crippen LogP contribution >= 0.6 is 0 Å². The molecule has 0 saturated heterocycles. The second-order valence-electron chi connectivity index (χ2n) is 6.99. The lowest BCUT2D eigenvalue weighted by atomic mass is 9.53. The fourth-order valence-electron chi connectivity index (χ4n) is 5.04. The molecule has 0 radical (unpaired) electrons. The molecule has 3 aromatic carbocycles. The lowest BCUT2D eigenvalue weighted by Gasteiger charge is -2.51. The lowest BCUT2D eigenvalue weighted by molar-refractivity contribution is -0.313. The summed E-state index contributed by atoms with van der Waals surface area (Å²) in [6.45, 7) is 0. The summed E-state index contributed by atoms with van der Waals surface area (Å²) in [5.41, 5.74) is 5.89. The molecule has 2 nitrogen and oxygen atoms in total. The van der Waals surface area contributed by atoms with Crippen molar-refractivity contribution in [2.24, 2.45) is 5.92 Å². The molecule has 2 bridgehead atoms. The van der Waals surface area contributed by atoms with Gasteiger partial charge in [-0.2, -0.15) is 0 Å². The highest BCUT2D eigenvalue weighted by atomic mass is 16.4. The topological polar surface area (TPSA) is 40.1 Å². The molecular weight excluding hydrogens is 308 g/mol. The number of hydrogen-bond donors (Lipinski definition) is 0. The van der Waals surface area contributed by atoms with E-state index in [-0.39, 0.29) is 17.8 Å². The number of carbonyl (C=O) groups excluding carboxylic acids is 1. The Balaban J connectivity index is 1.83. The van der Waals surface area contributed by atoms with Crippen molar-refractivity contribution in [3.05, 3.63) is 107 Å². The van der Waals surface area contributed by atoms with Crippen LogP contribution in [0.4, 0.5) is 0 Å². The van der Waals surface area contributed by atoms with Gasteiger partial charge in [0, 0.05) is 29.6 Å². The van der Waals surface area contributed by atoms with E-state index in [2.05, 4.69) is 36.4 Å². The van der Waals surface area contributed by atoms with Crippen LogP contribution < -0.4 is 5.11 Å². The Hall–Kier alpha value is -2.87. The van der Waals surface area contributed by atoms with Crippen LogP contribution in [0.3, 0.4) is 0 Å². The molecule has 25 heavy (non-hydrogen) atoms. The van der Waals surface area contributed by atoms with E-state index < -0.39 is 11.9 Å². The quantitative estimate of drug-likeness (QED) is 0.724. The predicted octanol–water partition coefficient (Wildman–Crippen LogP) is 3.43. The van der Waals surface area contributed by atoms with Crippen LogP contribution in [0.5, 0.6) is 0 Å². The van der Waals surface area contributed by atoms with E-state index in [1.807, 2.05) is 42.5 Å². The average molecular weight is 325 g/mol. The Morgan fingerprint density at radius 1 is 0.640 bits per heavy atom. The summed E-state index contributed by atoms with van der Waals surface area (Å²) in [7, 11) is 0. The van der Waals surface area contributed by atoms with Crippen LogP contribution in [0.2, 0.25) is 0 Å². The highest BCUT2D eigenvalue weighted by Gasteiger charge is 2.50. The van der Waals surface area contributed by atoms with Crippen LogP contribution in [0.15, 0.2) is 78.9 Å². The zero-order chi connectivity index (χ0) is 17.0. The minimum absolute atomic E-state index is 0.0581. The zero-order valence-electron chi connectivity index (χ0n) is 13.6. The van der Waals surface area contributed by atoms with Crippen molar-refractivity contribution in [3.63, 3.8) is 0 Å². The third-order valence-electron chi connectivity index (χ3n) is 5.89. The minimum Gasteiger partial charge on any atom is -0.550 e. The van der Waals surface area contributed by atoms with Crippen molar-refractivity contribution in [2.75, 3.05) is 0 Å². The van der Waals surface area contributed by atoms with Gasteiger partial charge in [0.05, 0.1) is 0 Å². The van der Waals surface area contributed by atoms with E-state index in [0.29, 0.717) is 0 Å². The largest absolute Gasteiger partial charge is 0.550 e. The Labute approximate surface area is 146 Å². The first kappa shape index (κ1) is 14.5. The summed E-state index contributed by atoms with van der Waals surface area (Å²) in [6, 6.07) is 26.6. The van der Waals surface area contributed by atoms with Crippen molar-refractivity contribution in [1.82, 2.24) is 0 Å². The van der Waals surface area contributed by atoms with Gasteiger partial charge in [-0.3, -0.25) is 0 Å². The number of carbonyl (C=O) groups is 1. The van der Waals surface area contributed by atoms with Gasteiger partial charge in [0.15, 0.2) is 0 Å². The predicted molar refractivity (Wildman–Crippen MR) is 94.3 cm³/mol. The number of aliphatic carboxylic acids is 1. The number of fused-ring (bicyclic) bond motifs is 1. The second kappa shape index (κ2) is 5.32. The third kappa shape index (κ3) is 1.94. The molecular formula is C23H17O2-. The number of carboxylic acids is 1. The number of carboxylic acid groups (broad SMARTS) is 1. The van der Waals surface area contributed by atoms with Crippen molar-refractivity contribution >= 4 is 5.97 Å². The molecule has 2 heteroatoms. The Kier molecular flexibility index (Phi) is 3.08. The average Bonchev–Trinajstić information content (AvgIpc) is 2.68. The van der Waals surface area contributed by atoms with Gasteiger partial charge >= 0.3 is 0 Å². The molecule has 0 fully saturated rings. The Morgan fingerprint density at radius 3 is 1.56 bits per heavy atom. The number of hydrogen-bond acceptors (Lipinski definition) is 2. The molecule has 0 aliphatic heterocycles. The highest BCUT2D eigenvalue weighted by molar-refractivity contribution is 5.76. The summed E-state index contributed by atoms with van der Waals surface area (Å²) < 4.78 is 0. The lowest BCUT2D eigenvalue weighted by Crippen LogP contribution is -2.47. The summed E-state index contributed by atoms with van der Waals surface area (Å²) in [5, 5.41) is 12.2. The van der Waals surface area contributed by atoms with Crippen LogP contribution in [-0.4, -0.2) is 5.97 Å². The maximum absolute atomic E-state index is 12.2. The standard InChI is InChI=1S/C23H18O2/c24-23(25)22-19(14-8-2-1-3-9-14)20-15-10-4-6-12-17(15)21(22)18-13-7-5-11-16(18)20/h1-13,19-22H,(H,24,25)/p-1/t19-,20?,21?,22-/m0/s1. The molecule has 2 atom stereocenters. The molecule has 0 unspecified atom stereocenters. The zero-order valence-corrected chi connectivity index (χ0v) is 13.6. The Bertz CT molecular complexity index is 913. The molecule has 6 rings (SSSR count). The first-order valence-corrected chi connectivity index (χ1v) is 8.71. The third-order valence-corrected chi connectivity index (χ3v) is 5.89. The van der Waals surface area contributed by atoms with Gasteiger partial charge in [-0.25, -0.2) is 0 Å². The summed E-state index contributed by atoms with van der Waals surface area (Å²) in [6.07, 6.45) is 0. The highest BCUT2D eigenvalue weighted by Crippen LogP contribution is 2.61. The van der Waals surface area contributed by atoms with Gasteiger partial charge in [-0.05, 0) is 27.8 Å². The van der Waals surface area contributed by atoms with Gasteiger partial charge < -0.3 is 9.90 Å². The molecule has 0 heterocycles. The van der Waals surface area contributed by atoms with Gasteiger partial charge in [0.1, 0.15) is 0 Å². The van der Waals surface area contributed by atoms with Crippen LogP contribution in [0.1, 0.15) is 45.6 Å². The first-order chi connectivity index (χ1) is 12.3. The van der Waals surface area contributed by atoms with Gasteiger partial charge in [-0.15, -0.1) is 0 Å². The van der Waals surface area contributed by atoms with Crippen molar-refractivity contribution in [1.29, 1.82) is 0 Å². The van der Waals surface area contributed by atoms with Crippen molar-refractivity contribution in [3.8, 4) is 0 Å². The fraction of sp³-hybridized carbons (Fsp3) is 0.174. The molecule has 3 aliphatic carbocycles. The van der Waals surface area contributed by atoms with Crippen molar-refractivity contribution < 1.29 is 9.90 Å². The molecule has 0 N–H and O–H groups in total. The maximum Gasteiger partial charge on any atom is 0.0461 e. The van der Waals surface area contributed by atoms with Gasteiger partial charge in [0.2, 0.25) is 0 Å². The van der Waals surface area contributed by atoms with E-state index in [0.717, 1.165) is 16.7 Å². The molecule has 122 valence electrons. The first-order valence-electron chi connectivity index (χ1n) is 8.71. The van der Waals surface area contributed by atoms with Gasteiger partial charge in [-0.1, -0.05) is 78.9 Å². The summed E-state index contributed by atoms with van der Waals surface area (Å²) >= 11 is 0. The van der Waals surface area contributed by atoms with Crippen molar-refractivity contribution in [2.45, 2.75) is 17.8 Å². The second-order valence-corrected chi connectivity index (χ2v) is 6.99. The van der Waals surface area contributed by atoms with Crippen LogP contribution in [0.25, 0.3) is 0 Å². The number of benzene rings is 3. The normalized spacial score (nSPS) is 25.9. The molecule has 3 aliphatic rings. The van der Waals surface area contributed by atoms with E-state index >= 15 is 0 Å². The molecule has 0 spiro atoms. The molecule has 0 amide bonds.